The Labute approximate surface area is 96.6 Å². The van der Waals surface area contributed by atoms with E-state index in [-0.39, 0.29) is 5.56 Å². The molecule has 0 heterocycles. The number of benzene rings is 1. The second-order valence-electron chi connectivity index (χ2n) is 4.53. The second kappa shape index (κ2) is 4.29. The monoisotopic (exact) mass is 247 g/mol. The molecule has 1 aromatic rings. The second-order valence-corrected chi connectivity index (χ2v) is 4.53. The van der Waals surface area contributed by atoms with Gasteiger partial charge in [-0.2, -0.15) is 0 Å². The molecule has 1 nitrogen and oxygen atoms in total. The summed E-state index contributed by atoms with van der Waals surface area (Å²) in [4.78, 5) is 0. The first-order chi connectivity index (χ1) is 7.94. The summed E-state index contributed by atoms with van der Waals surface area (Å²) in [5.74, 6) is -2.35. The lowest BCUT2D eigenvalue weighted by molar-refractivity contribution is 0.150. The molecule has 0 amide bonds. The minimum Gasteiger partial charge on any atom is -0.321 e. The van der Waals surface area contributed by atoms with E-state index in [4.69, 9.17) is 5.73 Å². The molecule has 0 atom stereocenters. The van der Waals surface area contributed by atoms with E-state index < -0.39 is 29.2 Å². The highest BCUT2D eigenvalue weighted by Gasteiger charge is 2.35. The molecule has 1 aliphatic carbocycles. The summed E-state index contributed by atoms with van der Waals surface area (Å²) >= 11 is 0. The number of hydrogen-bond donors (Lipinski definition) is 1. The third-order valence-electron chi connectivity index (χ3n) is 3.33. The van der Waals surface area contributed by atoms with Crippen LogP contribution in [0.25, 0.3) is 0 Å². The standard InChI is InChI=1S/C12H13F4N/c13-9-6-7(11(15)16)5-8(10(9)14)12(17)3-1-2-4-12/h5-6,11H,1-4,17H2. The molecular formula is C12H13F4N. The van der Waals surface area contributed by atoms with Gasteiger partial charge in [-0.1, -0.05) is 12.8 Å². The minimum absolute atomic E-state index is 0.120. The molecule has 2 N–H and O–H groups in total. The van der Waals surface area contributed by atoms with Crippen LogP contribution in [0.15, 0.2) is 12.1 Å². The maximum Gasteiger partial charge on any atom is 0.263 e. The van der Waals surface area contributed by atoms with Gasteiger partial charge in [0.15, 0.2) is 11.6 Å². The molecule has 1 saturated carbocycles. The largest absolute Gasteiger partial charge is 0.321 e. The third kappa shape index (κ3) is 2.16. The SMILES string of the molecule is NC1(c2cc(C(F)F)cc(F)c2F)CCCC1. The molecule has 1 fully saturated rings. The minimum atomic E-state index is -2.83. The van der Waals surface area contributed by atoms with Crippen LogP contribution >= 0.6 is 0 Å². The Morgan fingerprint density at radius 3 is 2.24 bits per heavy atom. The van der Waals surface area contributed by atoms with Crippen molar-refractivity contribution in [1.29, 1.82) is 0 Å². The lowest BCUT2D eigenvalue weighted by atomic mass is 9.88. The van der Waals surface area contributed by atoms with Gasteiger partial charge in [0.2, 0.25) is 0 Å². The van der Waals surface area contributed by atoms with Crippen LogP contribution < -0.4 is 5.73 Å². The van der Waals surface area contributed by atoms with Gasteiger partial charge in [-0.05, 0) is 25.0 Å². The zero-order valence-electron chi connectivity index (χ0n) is 9.15. The summed E-state index contributed by atoms with van der Waals surface area (Å²) < 4.78 is 52.0. The highest BCUT2D eigenvalue weighted by Crippen LogP contribution is 2.39. The van der Waals surface area contributed by atoms with Crippen LogP contribution in [0.3, 0.4) is 0 Å². The van der Waals surface area contributed by atoms with Crippen molar-refractivity contribution in [1.82, 2.24) is 0 Å². The van der Waals surface area contributed by atoms with Gasteiger partial charge >= 0.3 is 0 Å². The molecule has 1 aromatic carbocycles. The lowest BCUT2D eigenvalue weighted by Gasteiger charge is -2.25. The zero-order valence-corrected chi connectivity index (χ0v) is 9.15. The van der Waals surface area contributed by atoms with E-state index in [1.807, 2.05) is 0 Å². The third-order valence-corrected chi connectivity index (χ3v) is 3.33. The molecule has 0 radical (unpaired) electrons. The van der Waals surface area contributed by atoms with Crippen LogP contribution in [0.2, 0.25) is 0 Å². The van der Waals surface area contributed by atoms with E-state index in [0.717, 1.165) is 18.9 Å². The number of alkyl halides is 2. The Hall–Kier alpha value is -1.10. The van der Waals surface area contributed by atoms with Gasteiger partial charge in [-0.15, -0.1) is 0 Å². The molecule has 2 rings (SSSR count). The Morgan fingerprint density at radius 1 is 1.12 bits per heavy atom. The summed E-state index contributed by atoms with van der Waals surface area (Å²) in [7, 11) is 0. The molecule has 17 heavy (non-hydrogen) atoms. The molecule has 94 valence electrons. The normalized spacial score (nSPS) is 18.9. The molecule has 0 spiro atoms. The van der Waals surface area contributed by atoms with Crippen molar-refractivity contribution in [2.45, 2.75) is 37.6 Å². The van der Waals surface area contributed by atoms with Gasteiger partial charge in [0.05, 0.1) is 0 Å². The topological polar surface area (TPSA) is 26.0 Å². The maximum atomic E-state index is 13.6. The Bertz CT molecular complexity index is 425. The summed E-state index contributed by atoms with van der Waals surface area (Å²) in [6.45, 7) is 0. The Balaban J connectivity index is 2.52. The summed E-state index contributed by atoms with van der Waals surface area (Å²) in [6.07, 6.45) is -0.229. The molecule has 0 aromatic heterocycles. The van der Waals surface area contributed by atoms with Gasteiger partial charge in [-0.3, -0.25) is 0 Å². The van der Waals surface area contributed by atoms with Crippen molar-refractivity contribution >= 4 is 0 Å². The van der Waals surface area contributed by atoms with Gasteiger partial charge in [0, 0.05) is 16.7 Å². The van der Waals surface area contributed by atoms with E-state index in [1.165, 1.54) is 0 Å². The first-order valence-electron chi connectivity index (χ1n) is 5.50. The van der Waals surface area contributed by atoms with Crippen molar-refractivity contribution < 1.29 is 17.6 Å². The Kier molecular flexibility index (Phi) is 3.12. The highest BCUT2D eigenvalue weighted by molar-refractivity contribution is 5.33. The first-order valence-corrected chi connectivity index (χ1v) is 5.50. The average Bonchev–Trinajstić information content (AvgIpc) is 2.69. The van der Waals surface area contributed by atoms with Crippen LogP contribution in [0.4, 0.5) is 17.6 Å². The quantitative estimate of drug-likeness (QED) is 0.793. The maximum absolute atomic E-state index is 13.6. The fourth-order valence-corrected chi connectivity index (χ4v) is 2.37. The molecule has 0 unspecified atom stereocenters. The fraction of sp³-hybridized carbons (Fsp3) is 0.500. The summed E-state index contributed by atoms with van der Waals surface area (Å²) in [6, 6.07) is 1.52. The van der Waals surface area contributed by atoms with E-state index >= 15 is 0 Å². The van der Waals surface area contributed by atoms with Crippen molar-refractivity contribution in [3.8, 4) is 0 Å². The van der Waals surface area contributed by atoms with Crippen molar-refractivity contribution in [2.24, 2.45) is 5.73 Å². The van der Waals surface area contributed by atoms with E-state index in [1.54, 1.807) is 0 Å². The molecular weight excluding hydrogens is 234 g/mol. The first kappa shape index (κ1) is 12.4. The number of hydrogen-bond acceptors (Lipinski definition) is 1. The van der Waals surface area contributed by atoms with Crippen molar-refractivity contribution in [3.63, 3.8) is 0 Å². The van der Waals surface area contributed by atoms with Crippen LogP contribution in [0.1, 0.15) is 43.2 Å². The smallest absolute Gasteiger partial charge is 0.263 e. The Morgan fingerprint density at radius 2 is 1.71 bits per heavy atom. The predicted octanol–water partition coefficient (Wildman–Crippen LogP) is 3.63. The van der Waals surface area contributed by atoms with Gasteiger partial charge in [-0.25, -0.2) is 17.6 Å². The van der Waals surface area contributed by atoms with E-state index in [0.29, 0.717) is 18.9 Å². The molecule has 1 aliphatic rings. The summed E-state index contributed by atoms with van der Waals surface area (Å²) in [5.41, 5.74) is 4.33. The van der Waals surface area contributed by atoms with Crippen LogP contribution in [0, 0.1) is 11.6 Å². The van der Waals surface area contributed by atoms with Crippen LogP contribution in [0.5, 0.6) is 0 Å². The number of nitrogens with two attached hydrogens (primary N) is 1. The van der Waals surface area contributed by atoms with Gasteiger partial charge in [0.1, 0.15) is 0 Å². The van der Waals surface area contributed by atoms with E-state index in [2.05, 4.69) is 0 Å². The summed E-state index contributed by atoms with van der Waals surface area (Å²) in [5, 5.41) is 0. The molecule has 0 aliphatic heterocycles. The molecule has 5 heteroatoms. The van der Waals surface area contributed by atoms with Gasteiger partial charge in [0.25, 0.3) is 6.43 Å². The van der Waals surface area contributed by atoms with Crippen molar-refractivity contribution in [2.75, 3.05) is 0 Å². The average molecular weight is 247 g/mol. The fourth-order valence-electron chi connectivity index (χ4n) is 2.37. The van der Waals surface area contributed by atoms with Crippen LogP contribution in [-0.2, 0) is 5.54 Å². The molecule has 0 bridgehead atoms. The number of halogens is 4. The highest BCUT2D eigenvalue weighted by atomic mass is 19.3. The molecule has 0 saturated heterocycles. The zero-order chi connectivity index (χ0) is 12.6. The van der Waals surface area contributed by atoms with Crippen LogP contribution in [-0.4, -0.2) is 0 Å². The predicted molar refractivity (Wildman–Crippen MR) is 55.6 cm³/mol. The number of rotatable bonds is 2. The lowest BCUT2D eigenvalue weighted by Crippen LogP contribution is -2.34. The van der Waals surface area contributed by atoms with Gasteiger partial charge < -0.3 is 5.73 Å². The van der Waals surface area contributed by atoms with E-state index in [9.17, 15) is 17.6 Å². The van der Waals surface area contributed by atoms with Crippen molar-refractivity contribution in [3.05, 3.63) is 34.9 Å².